The molecule has 3 heterocycles. The van der Waals surface area contributed by atoms with Gasteiger partial charge in [0, 0.05) is 5.56 Å². The van der Waals surface area contributed by atoms with E-state index in [1.165, 1.54) is 17.4 Å². The molecule has 0 saturated carbocycles. The number of rotatable bonds is 4. The number of aliphatic hydroxyl groups is 1. The molecule has 0 radical (unpaired) electrons. The molecule has 0 bridgehead atoms. The molecule has 1 amide bonds. The second kappa shape index (κ2) is 7.61. The van der Waals surface area contributed by atoms with Crippen LogP contribution >= 0.6 is 0 Å². The van der Waals surface area contributed by atoms with Gasteiger partial charge < -0.3 is 18.8 Å². The Morgan fingerprint density at radius 2 is 1.77 bits per heavy atom. The van der Waals surface area contributed by atoms with Crippen LogP contribution in [0.1, 0.15) is 55.0 Å². The topological polar surface area (TPSA) is 83.9 Å². The average molecular weight is 419 g/mol. The zero-order valence-corrected chi connectivity index (χ0v) is 18.0. The summed E-state index contributed by atoms with van der Waals surface area (Å²) >= 11 is 0. The van der Waals surface area contributed by atoms with E-state index in [9.17, 15) is 14.7 Å². The predicted molar refractivity (Wildman–Crippen MR) is 115 cm³/mol. The number of carbonyl (C=O) groups is 2. The van der Waals surface area contributed by atoms with Crippen molar-refractivity contribution in [3.63, 3.8) is 0 Å². The number of nitrogens with zero attached hydrogens (tertiary/aromatic N) is 1. The molecule has 1 atom stereocenters. The van der Waals surface area contributed by atoms with Crippen LogP contribution in [-0.2, 0) is 21.5 Å². The highest BCUT2D eigenvalue weighted by molar-refractivity contribution is 6.46. The number of aryl methyl sites for hydroxylation is 1. The molecule has 1 saturated heterocycles. The third-order valence-corrected chi connectivity index (χ3v) is 5.62. The van der Waals surface area contributed by atoms with Crippen LogP contribution in [0.2, 0.25) is 0 Å². The van der Waals surface area contributed by atoms with Crippen molar-refractivity contribution in [1.82, 2.24) is 4.90 Å². The molecular weight excluding hydrogens is 394 g/mol. The van der Waals surface area contributed by atoms with E-state index in [1.54, 1.807) is 24.3 Å². The van der Waals surface area contributed by atoms with E-state index in [-0.39, 0.29) is 23.3 Å². The average Bonchev–Trinajstić information content (AvgIpc) is 3.46. The number of carbonyl (C=O) groups excluding carboxylic acids is 2. The number of benzene rings is 1. The van der Waals surface area contributed by atoms with Gasteiger partial charge in [0.1, 0.15) is 23.3 Å². The first kappa shape index (κ1) is 20.7. The molecule has 4 rings (SSSR count). The maximum atomic E-state index is 13.1. The van der Waals surface area contributed by atoms with Gasteiger partial charge in [0.05, 0.1) is 24.6 Å². The van der Waals surface area contributed by atoms with Crippen LogP contribution in [0.15, 0.2) is 69.4 Å². The maximum Gasteiger partial charge on any atom is 0.296 e. The first-order valence-electron chi connectivity index (χ1n) is 10.1. The van der Waals surface area contributed by atoms with Crippen molar-refractivity contribution in [3.05, 3.63) is 88.8 Å². The molecule has 6 heteroatoms. The molecule has 1 N–H and O–H groups in total. The van der Waals surface area contributed by atoms with E-state index in [0.717, 1.165) is 11.1 Å². The van der Waals surface area contributed by atoms with E-state index in [1.807, 2.05) is 25.1 Å². The number of ketones is 1. The van der Waals surface area contributed by atoms with E-state index in [0.29, 0.717) is 17.1 Å². The molecule has 0 spiro atoms. The Morgan fingerprint density at radius 3 is 2.39 bits per heavy atom. The fourth-order valence-corrected chi connectivity index (χ4v) is 3.84. The predicted octanol–water partition coefficient (Wildman–Crippen LogP) is 5.10. The second-order valence-corrected chi connectivity index (χ2v) is 8.80. The Balaban J connectivity index is 1.88. The van der Waals surface area contributed by atoms with Crippen LogP contribution in [0.5, 0.6) is 0 Å². The minimum absolute atomic E-state index is 0.0145. The smallest absolute Gasteiger partial charge is 0.296 e. The molecule has 1 aliphatic heterocycles. The SMILES string of the molecule is Cc1ccc(C(C)(C)C)cc1/C(O)=C1\C(=O)C(=O)N(Cc2ccco2)C1c1ccco1. The number of furan rings is 2. The maximum absolute atomic E-state index is 13.1. The fraction of sp³-hybridized carbons (Fsp3) is 0.280. The van der Waals surface area contributed by atoms with Gasteiger partial charge >= 0.3 is 0 Å². The largest absolute Gasteiger partial charge is 0.507 e. The molecule has 1 unspecified atom stereocenters. The Morgan fingerprint density at radius 1 is 1.06 bits per heavy atom. The molecule has 1 aromatic carbocycles. The summed E-state index contributed by atoms with van der Waals surface area (Å²) in [5, 5.41) is 11.3. The zero-order chi connectivity index (χ0) is 22.3. The molecular formula is C25H25NO5. The Bertz CT molecular complexity index is 1150. The summed E-state index contributed by atoms with van der Waals surface area (Å²) in [7, 11) is 0. The Kier molecular flexibility index (Phi) is 5.09. The van der Waals surface area contributed by atoms with Crippen molar-refractivity contribution >= 4 is 17.4 Å². The quantitative estimate of drug-likeness (QED) is 0.361. The number of likely N-dealkylation sites (tertiary alicyclic amines) is 1. The third kappa shape index (κ3) is 3.69. The van der Waals surface area contributed by atoms with Gasteiger partial charge in [-0.25, -0.2) is 0 Å². The van der Waals surface area contributed by atoms with Gasteiger partial charge in [-0.1, -0.05) is 32.9 Å². The second-order valence-electron chi connectivity index (χ2n) is 8.80. The molecule has 6 nitrogen and oxygen atoms in total. The summed E-state index contributed by atoms with van der Waals surface area (Å²) in [6.07, 6.45) is 2.99. The summed E-state index contributed by atoms with van der Waals surface area (Å²) in [5.41, 5.74) is 2.22. The summed E-state index contributed by atoms with van der Waals surface area (Å²) in [6.45, 7) is 8.18. The van der Waals surface area contributed by atoms with Gasteiger partial charge in [0.15, 0.2) is 0 Å². The minimum Gasteiger partial charge on any atom is -0.507 e. The molecule has 3 aromatic rings. The first-order valence-corrected chi connectivity index (χ1v) is 10.1. The Hall–Kier alpha value is -3.54. The first-order chi connectivity index (χ1) is 14.7. The van der Waals surface area contributed by atoms with Crippen LogP contribution in [0, 0.1) is 6.92 Å². The summed E-state index contributed by atoms with van der Waals surface area (Å²) in [4.78, 5) is 27.4. The van der Waals surface area contributed by atoms with Crippen molar-refractivity contribution in [1.29, 1.82) is 0 Å². The molecule has 0 aliphatic carbocycles. The Labute approximate surface area is 180 Å². The van der Waals surface area contributed by atoms with Crippen LogP contribution in [-0.4, -0.2) is 21.7 Å². The highest BCUT2D eigenvalue weighted by Crippen LogP contribution is 2.41. The van der Waals surface area contributed by atoms with Crippen LogP contribution in [0.3, 0.4) is 0 Å². The van der Waals surface area contributed by atoms with E-state index < -0.39 is 17.7 Å². The van der Waals surface area contributed by atoms with Gasteiger partial charge in [-0.05, 0) is 53.8 Å². The number of hydrogen-bond donors (Lipinski definition) is 1. The van der Waals surface area contributed by atoms with Crippen LogP contribution in [0.4, 0.5) is 0 Å². The molecule has 1 fully saturated rings. The minimum atomic E-state index is -0.849. The normalized spacial score (nSPS) is 18.7. The van der Waals surface area contributed by atoms with Gasteiger partial charge in [-0.15, -0.1) is 0 Å². The highest BCUT2D eigenvalue weighted by atomic mass is 16.3. The molecule has 1 aliphatic rings. The third-order valence-electron chi connectivity index (χ3n) is 5.62. The van der Waals surface area contributed by atoms with Crippen molar-refractivity contribution in [2.75, 3.05) is 0 Å². The number of amides is 1. The lowest BCUT2D eigenvalue weighted by Gasteiger charge is -2.23. The van der Waals surface area contributed by atoms with E-state index in [2.05, 4.69) is 20.8 Å². The number of Topliss-reactive ketones (excluding diaryl/α,β-unsaturated/α-hetero) is 1. The lowest BCUT2D eigenvalue weighted by molar-refractivity contribution is -0.140. The molecule has 2 aromatic heterocycles. The lowest BCUT2D eigenvalue weighted by atomic mass is 9.84. The van der Waals surface area contributed by atoms with E-state index >= 15 is 0 Å². The van der Waals surface area contributed by atoms with Crippen molar-refractivity contribution in [2.45, 2.75) is 45.7 Å². The van der Waals surface area contributed by atoms with Gasteiger partial charge in [-0.3, -0.25) is 9.59 Å². The van der Waals surface area contributed by atoms with E-state index in [4.69, 9.17) is 8.83 Å². The lowest BCUT2D eigenvalue weighted by Crippen LogP contribution is -2.28. The van der Waals surface area contributed by atoms with Crippen molar-refractivity contribution < 1.29 is 23.5 Å². The monoisotopic (exact) mass is 419 g/mol. The number of hydrogen-bond acceptors (Lipinski definition) is 5. The summed E-state index contributed by atoms with van der Waals surface area (Å²) in [6, 6.07) is 11.8. The highest BCUT2D eigenvalue weighted by Gasteiger charge is 2.47. The van der Waals surface area contributed by atoms with Gasteiger partial charge in [0.2, 0.25) is 0 Å². The van der Waals surface area contributed by atoms with Crippen LogP contribution in [0.25, 0.3) is 5.76 Å². The number of aliphatic hydroxyl groups excluding tert-OH is 1. The standard InChI is InChI=1S/C25H25NO5/c1-15-9-10-16(25(2,3)4)13-18(15)22(27)20-21(19-8-6-12-31-19)26(24(29)23(20)28)14-17-7-5-11-30-17/h5-13,21,27H,14H2,1-4H3/b22-20+. The van der Waals surface area contributed by atoms with Crippen LogP contribution < -0.4 is 0 Å². The fourth-order valence-electron chi connectivity index (χ4n) is 3.84. The molecule has 160 valence electrons. The van der Waals surface area contributed by atoms with Crippen molar-refractivity contribution in [2.24, 2.45) is 0 Å². The van der Waals surface area contributed by atoms with Gasteiger partial charge in [0.25, 0.3) is 11.7 Å². The summed E-state index contributed by atoms with van der Waals surface area (Å²) < 4.78 is 10.9. The van der Waals surface area contributed by atoms with Gasteiger partial charge in [-0.2, -0.15) is 0 Å². The van der Waals surface area contributed by atoms with Crippen molar-refractivity contribution in [3.8, 4) is 0 Å². The molecule has 31 heavy (non-hydrogen) atoms. The summed E-state index contributed by atoms with van der Waals surface area (Å²) in [5.74, 6) is -0.721. The zero-order valence-electron chi connectivity index (χ0n) is 18.0.